The zero-order valence-electron chi connectivity index (χ0n) is 8.66. The molecule has 0 aromatic carbocycles. The van der Waals surface area contributed by atoms with Crippen molar-refractivity contribution in [1.82, 2.24) is 4.90 Å². The maximum absolute atomic E-state index is 11.5. The van der Waals surface area contributed by atoms with Crippen LogP contribution in [0, 0.1) is 5.92 Å². The van der Waals surface area contributed by atoms with Gasteiger partial charge in [-0.05, 0) is 12.3 Å². The van der Waals surface area contributed by atoms with E-state index in [2.05, 4.69) is 0 Å². The molecule has 0 heterocycles. The van der Waals surface area contributed by atoms with E-state index in [0.29, 0.717) is 18.9 Å². The topological polar surface area (TPSA) is 66.6 Å². The van der Waals surface area contributed by atoms with E-state index in [1.165, 1.54) is 4.90 Å². The summed E-state index contributed by atoms with van der Waals surface area (Å²) >= 11 is 0. The number of rotatable bonds is 5. The van der Waals surface area contributed by atoms with Gasteiger partial charge in [0.25, 0.3) is 0 Å². The van der Waals surface area contributed by atoms with E-state index < -0.39 is 6.04 Å². The van der Waals surface area contributed by atoms with E-state index >= 15 is 0 Å². The Morgan fingerprint density at radius 3 is 2.46 bits per heavy atom. The Hall–Kier alpha value is -0.610. The maximum atomic E-state index is 11.5. The molecular weight excluding hydrogens is 168 g/mol. The molecule has 4 heteroatoms. The number of aliphatic hydroxyl groups excluding tert-OH is 1. The average molecular weight is 188 g/mol. The number of amides is 1. The molecular formula is C9H20N2O2. The lowest BCUT2D eigenvalue weighted by Crippen LogP contribution is -2.43. The highest BCUT2D eigenvalue weighted by atomic mass is 16.3. The van der Waals surface area contributed by atoms with Gasteiger partial charge in [-0.2, -0.15) is 0 Å². The molecule has 0 saturated carbocycles. The Balaban J connectivity index is 3.94. The monoisotopic (exact) mass is 188 g/mol. The molecule has 0 aliphatic rings. The lowest BCUT2D eigenvalue weighted by molar-refractivity contribution is -0.132. The molecule has 0 unspecified atom stereocenters. The van der Waals surface area contributed by atoms with Gasteiger partial charge < -0.3 is 15.7 Å². The highest BCUT2D eigenvalue weighted by Gasteiger charge is 2.18. The third-order valence-corrected chi connectivity index (χ3v) is 1.85. The summed E-state index contributed by atoms with van der Waals surface area (Å²) in [5.74, 6) is 0.323. The lowest BCUT2D eigenvalue weighted by atomic mass is 10.0. The molecule has 4 nitrogen and oxygen atoms in total. The van der Waals surface area contributed by atoms with Gasteiger partial charge in [-0.3, -0.25) is 4.79 Å². The zero-order valence-corrected chi connectivity index (χ0v) is 8.66. The van der Waals surface area contributed by atoms with Crippen molar-refractivity contribution in [2.24, 2.45) is 11.7 Å². The first kappa shape index (κ1) is 12.4. The summed E-state index contributed by atoms with van der Waals surface area (Å²) in [4.78, 5) is 12.9. The predicted octanol–water partition coefficient (Wildman–Crippen LogP) is -0.189. The second-order valence-electron chi connectivity index (χ2n) is 3.72. The fourth-order valence-electron chi connectivity index (χ4n) is 1.15. The van der Waals surface area contributed by atoms with Crippen molar-refractivity contribution in [2.75, 3.05) is 20.2 Å². The summed E-state index contributed by atoms with van der Waals surface area (Å²) in [5.41, 5.74) is 5.68. The fraction of sp³-hybridized carbons (Fsp3) is 0.889. The van der Waals surface area contributed by atoms with E-state index in [1.54, 1.807) is 7.05 Å². The second kappa shape index (κ2) is 5.94. The van der Waals surface area contributed by atoms with Crippen LogP contribution in [0.25, 0.3) is 0 Å². The minimum Gasteiger partial charge on any atom is -0.395 e. The molecule has 0 saturated heterocycles. The smallest absolute Gasteiger partial charge is 0.239 e. The Bertz CT molecular complexity index is 160. The quantitative estimate of drug-likeness (QED) is 0.628. The predicted molar refractivity (Wildman–Crippen MR) is 52.2 cm³/mol. The number of nitrogens with zero attached hydrogens (tertiary/aromatic N) is 1. The third-order valence-electron chi connectivity index (χ3n) is 1.85. The SMILES string of the molecule is CC(C)C[C@@H](N)C(=O)N(C)CCO. The van der Waals surface area contributed by atoms with Crippen LogP contribution in [0.4, 0.5) is 0 Å². The number of carbonyl (C=O) groups excluding carboxylic acids is 1. The fourth-order valence-corrected chi connectivity index (χ4v) is 1.15. The lowest BCUT2D eigenvalue weighted by Gasteiger charge is -2.21. The normalized spacial score (nSPS) is 13.1. The van der Waals surface area contributed by atoms with Crippen LogP contribution in [0.2, 0.25) is 0 Å². The summed E-state index contributed by atoms with van der Waals surface area (Å²) in [6.07, 6.45) is 0.689. The van der Waals surface area contributed by atoms with E-state index in [4.69, 9.17) is 10.8 Å². The molecule has 13 heavy (non-hydrogen) atoms. The zero-order chi connectivity index (χ0) is 10.4. The first-order chi connectivity index (χ1) is 5.99. The molecule has 1 atom stereocenters. The molecule has 3 N–H and O–H groups in total. The molecule has 78 valence electrons. The van der Waals surface area contributed by atoms with Crippen LogP contribution in [-0.2, 0) is 4.79 Å². The number of likely N-dealkylation sites (N-methyl/N-ethyl adjacent to an activating group) is 1. The van der Waals surface area contributed by atoms with Crippen LogP contribution in [-0.4, -0.2) is 42.2 Å². The van der Waals surface area contributed by atoms with E-state index in [1.807, 2.05) is 13.8 Å². The van der Waals surface area contributed by atoms with Crippen LogP contribution >= 0.6 is 0 Å². The third kappa shape index (κ3) is 4.85. The standard InChI is InChI=1S/C9H20N2O2/c1-7(2)6-8(10)9(13)11(3)4-5-12/h7-8,12H,4-6,10H2,1-3H3/t8-/m1/s1. The molecule has 0 aliphatic carbocycles. The molecule has 0 rings (SSSR count). The minimum absolute atomic E-state index is 0.0172. The van der Waals surface area contributed by atoms with Crippen molar-refractivity contribution in [1.29, 1.82) is 0 Å². The van der Waals surface area contributed by atoms with Gasteiger partial charge in [-0.25, -0.2) is 0 Å². The van der Waals surface area contributed by atoms with Crippen molar-refractivity contribution in [3.8, 4) is 0 Å². The first-order valence-corrected chi connectivity index (χ1v) is 4.60. The number of hydrogen-bond donors (Lipinski definition) is 2. The van der Waals surface area contributed by atoms with Gasteiger partial charge in [-0.15, -0.1) is 0 Å². The Labute approximate surface area is 79.7 Å². The van der Waals surface area contributed by atoms with Gasteiger partial charge in [0.1, 0.15) is 0 Å². The molecule has 0 aromatic heterocycles. The van der Waals surface area contributed by atoms with Crippen molar-refractivity contribution in [3.63, 3.8) is 0 Å². The van der Waals surface area contributed by atoms with Crippen LogP contribution in [0.1, 0.15) is 20.3 Å². The maximum Gasteiger partial charge on any atom is 0.239 e. The summed E-state index contributed by atoms with van der Waals surface area (Å²) in [5, 5.41) is 8.61. The Kier molecular flexibility index (Phi) is 5.66. The largest absolute Gasteiger partial charge is 0.395 e. The highest BCUT2D eigenvalue weighted by molar-refractivity contribution is 5.81. The van der Waals surface area contributed by atoms with E-state index in [0.717, 1.165) is 0 Å². The Morgan fingerprint density at radius 1 is 1.54 bits per heavy atom. The summed E-state index contributed by atoms with van der Waals surface area (Å²) in [6, 6.07) is -0.434. The summed E-state index contributed by atoms with van der Waals surface area (Å²) < 4.78 is 0. The van der Waals surface area contributed by atoms with Gasteiger partial charge in [0.2, 0.25) is 5.91 Å². The minimum atomic E-state index is -0.434. The van der Waals surface area contributed by atoms with Gasteiger partial charge in [-0.1, -0.05) is 13.8 Å². The van der Waals surface area contributed by atoms with E-state index in [9.17, 15) is 4.79 Å². The van der Waals surface area contributed by atoms with Crippen molar-refractivity contribution in [2.45, 2.75) is 26.3 Å². The number of hydrogen-bond acceptors (Lipinski definition) is 3. The number of nitrogens with two attached hydrogens (primary N) is 1. The van der Waals surface area contributed by atoms with Gasteiger partial charge >= 0.3 is 0 Å². The first-order valence-electron chi connectivity index (χ1n) is 4.60. The van der Waals surface area contributed by atoms with Crippen LogP contribution in [0.5, 0.6) is 0 Å². The van der Waals surface area contributed by atoms with E-state index in [-0.39, 0.29) is 12.5 Å². The van der Waals surface area contributed by atoms with Crippen molar-refractivity contribution in [3.05, 3.63) is 0 Å². The van der Waals surface area contributed by atoms with Crippen LogP contribution < -0.4 is 5.73 Å². The van der Waals surface area contributed by atoms with Crippen LogP contribution in [0.3, 0.4) is 0 Å². The van der Waals surface area contributed by atoms with Crippen molar-refractivity contribution >= 4 is 5.91 Å². The van der Waals surface area contributed by atoms with Crippen LogP contribution in [0.15, 0.2) is 0 Å². The molecule has 0 bridgehead atoms. The average Bonchev–Trinajstić information content (AvgIpc) is 2.02. The van der Waals surface area contributed by atoms with Crippen molar-refractivity contribution < 1.29 is 9.90 Å². The molecule has 0 aromatic rings. The summed E-state index contributed by atoms with van der Waals surface area (Å²) in [7, 11) is 1.65. The van der Waals surface area contributed by atoms with Gasteiger partial charge in [0, 0.05) is 13.6 Å². The second-order valence-corrected chi connectivity index (χ2v) is 3.72. The Morgan fingerprint density at radius 2 is 2.08 bits per heavy atom. The molecule has 0 spiro atoms. The molecule has 0 aliphatic heterocycles. The summed E-state index contributed by atoms with van der Waals surface area (Å²) in [6.45, 7) is 4.39. The number of carbonyl (C=O) groups is 1. The molecule has 0 radical (unpaired) electrons. The highest BCUT2D eigenvalue weighted by Crippen LogP contribution is 2.04. The molecule has 0 fully saturated rings. The van der Waals surface area contributed by atoms with Gasteiger partial charge in [0.05, 0.1) is 12.6 Å². The molecule has 1 amide bonds. The number of aliphatic hydroxyl groups is 1. The van der Waals surface area contributed by atoms with Gasteiger partial charge in [0.15, 0.2) is 0 Å².